The number of aliphatic imine (C=N–C) groups is 1. The number of thiazole rings is 1. The minimum atomic E-state index is -0.133. The summed E-state index contributed by atoms with van der Waals surface area (Å²) in [5.74, 6) is 0.121. The Balaban J connectivity index is 1.70. The van der Waals surface area contributed by atoms with Crippen molar-refractivity contribution in [2.75, 3.05) is 32.5 Å². The predicted octanol–water partition coefficient (Wildman–Crippen LogP) is 2.09. The van der Waals surface area contributed by atoms with Gasteiger partial charge in [-0.05, 0) is 49.9 Å². The molecular formula is C23H33N7O2S. The average Bonchev–Trinajstić information content (AvgIpc) is 3.12. The number of carbonyl (C=O) groups is 2. The third-order valence-corrected chi connectivity index (χ3v) is 6.57. The molecule has 1 aliphatic rings. The van der Waals surface area contributed by atoms with E-state index in [1.54, 1.807) is 4.90 Å². The van der Waals surface area contributed by atoms with Crippen LogP contribution >= 0.6 is 11.3 Å². The zero-order chi connectivity index (χ0) is 24.0. The van der Waals surface area contributed by atoms with E-state index in [2.05, 4.69) is 15.2 Å². The van der Waals surface area contributed by atoms with Gasteiger partial charge in [0.25, 0.3) is 0 Å². The fourth-order valence-electron chi connectivity index (χ4n) is 4.02. The Hall–Kier alpha value is -2.98. The average molecular weight is 472 g/mol. The zero-order valence-electron chi connectivity index (χ0n) is 19.5. The first kappa shape index (κ1) is 24.7. The minimum absolute atomic E-state index is 0.0312. The van der Waals surface area contributed by atoms with Crippen molar-refractivity contribution in [3.63, 3.8) is 0 Å². The number of amides is 2. The highest BCUT2D eigenvalue weighted by atomic mass is 32.1. The molecular weight excluding hydrogens is 438 g/mol. The number of guanidine groups is 1. The Morgan fingerprint density at radius 2 is 1.97 bits per heavy atom. The van der Waals surface area contributed by atoms with E-state index in [9.17, 15) is 9.59 Å². The van der Waals surface area contributed by atoms with Crippen LogP contribution in [0.5, 0.6) is 0 Å². The van der Waals surface area contributed by atoms with E-state index in [-0.39, 0.29) is 23.7 Å². The maximum atomic E-state index is 12.5. The van der Waals surface area contributed by atoms with Gasteiger partial charge < -0.3 is 21.7 Å². The summed E-state index contributed by atoms with van der Waals surface area (Å²) in [5, 5.41) is 3.44. The Morgan fingerprint density at radius 1 is 1.24 bits per heavy atom. The van der Waals surface area contributed by atoms with Gasteiger partial charge in [-0.25, -0.2) is 9.98 Å². The van der Waals surface area contributed by atoms with Crippen molar-refractivity contribution in [2.45, 2.75) is 39.2 Å². The van der Waals surface area contributed by atoms with Crippen molar-refractivity contribution in [3.05, 3.63) is 40.4 Å². The van der Waals surface area contributed by atoms with Gasteiger partial charge in [0.2, 0.25) is 11.8 Å². The standard InChI is InChI=1S/C23H33N7O2S/c1-15(31)26-23-28-19(11-8-16-6-9-18(10-7-16)27-22(24)25)20(33-23)14-30-12-4-5-17(13-30)21(32)29(2)3/h6-7,9-10,17H,4-5,8,11-14H2,1-3H3,(H4,24,25,27)(H,26,28,31). The molecule has 178 valence electrons. The smallest absolute Gasteiger partial charge is 0.226 e. The molecule has 10 heteroatoms. The number of hydrogen-bond acceptors (Lipinski definition) is 6. The molecule has 0 saturated carbocycles. The number of anilines is 1. The predicted molar refractivity (Wildman–Crippen MR) is 132 cm³/mol. The van der Waals surface area contributed by atoms with Crippen LogP contribution in [-0.4, -0.2) is 59.7 Å². The lowest BCUT2D eigenvalue weighted by Gasteiger charge is -2.33. The van der Waals surface area contributed by atoms with Crippen molar-refractivity contribution in [2.24, 2.45) is 22.4 Å². The summed E-state index contributed by atoms with van der Waals surface area (Å²) in [4.78, 5) is 37.9. The molecule has 2 aromatic rings. The Bertz CT molecular complexity index is 997. The number of nitrogens with two attached hydrogens (primary N) is 2. The monoisotopic (exact) mass is 471 g/mol. The van der Waals surface area contributed by atoms with Crippen LogP contribution in [0, 0.1) is 5.92 Å². The van der Waals surface area contributed by atoms with E-state index < -0.39 is 0 Å². The van der Waals surface area contributed by atoms with Gasteiger partial charge in [-0.1, -0.05) is 12.1 Å². The molecule has 33 heavy (non-hydrogen) atoms. The van der Waals surface area contributed by atoms with Gasteiger partial charge in [0.15, 0.2) is 11.1 Å². The molecule has 2 amide bonds. The molecule has 9 nitrogen and oxygen atoms in total. The van der Waals surface area contributed by atoms with Crippen molar-refractivity contribution in [3.8, 4) is 0 Å². The van der Waals surface area contributed by atoms with Crippen LogP contribution in [-0.2, 0) is 29.0 Å². The van der Waals surface area contributed by atoms with E-state index in [0.717, 1.165) is 61.5 Å². The van der Waals surface area contributed by atoms with Crippen LogP contribution in [0.3, 0.4) is 0 Å². The molecule has 2 heterocycles. The zero-order valence-corrected chi connectivity index (χ0v) is 20.3. The van der Waals surface area contributed by atoms with Crippen molar-refractivity contribution < 1.29 is 9.59 Å². The SMILES string of the molecule is CC(=O)Nc1nc(CCc2ccc(N=C(N)N)cc2)c(CN2CCCC(C(=O)N(C)C)C2)s1. The number of piperidine rings is 1. The summed E-state index contributed by atoms with van der Waals surface area (Å²) < 4.78 is 0. The number of hydrogen-bond donors (Lipinski definition) is 3. The lowest BCUT2D eigenvalue weighted by Crippen LogP contribution is -2.42. The number of nitrogens with zero attached hydrogens (tertiary/aromatic N) is 4. The lowest BCUT2D eigenvalue weighted by atomic mass is 9.96. The Morgan fingerprint density at radius 3 is 2.61 bits per heavy atom. The van der Waals surface area contributed by atoms with Gasteiger partial charge in [-0.3, -0.25) is 14.5 Å². The number of rotatable bonds is 8. The van der Waals surface area contributed by atoms with Crippen LogP contribution in [0.4, 0.5) is 10.8 Å². The van der Waals surface area contributed by atoms with E-state index in [4.69, 9.17) is 16.5 Å². The number of benzene rings is 1. The van der Waals surface area contributed by atoms with E-state index in [1.165, 1.54) is 18.3 Å². The molecule has 1 unspecified atom stereocenters. The van der Waals surface area contributed by atoms with Crippen molar-refractivity contribution in [1.82, 2.24) is 14.8 Å². The van der Waals surface area contributed by atoms with E-state index in [1.807, 2.05) is 38.4 Å². The largest absolute Gasteiger partial charge is 0.370 e. The first-order valence-corrected chi connectivity index (χ1v) is 11.9. The highest BCUT2D eigenvalue weighted by Gasteiger charge is 2.27. The minimum Gasteiger partial charge on any atom is -0.370 e. The summed E-state index contributed by atoms with van der Waals surface area (Å²) in [6.07, 6.45) is 3.48. The van der Waals surface area contributed by atoms with Gasteiger partial charge in [0.05, 0.1) is 17.3 Å². The summed E-state index contributed by atoms with van der Waals surface area (Å²) in [5.41, 5.74) is 13.7. The molecule has 0 aliphatic carbocycles. The number of carbonyl (C=O) groups excluding carboxylic acids is 2. The van der Waals surface area contributed by atoms with E-state index in [0.29, 0.717) is 10.8 Å². The molecule has 3 rings (SSSR count). The van der Waals surface area contributed by atoms with Crippen molar-refractivity contribution >= 4 is 39.9 Å². The molecule has 0 radical (unpaired) electrons. The molecule has 1 saturated heterocycles. The number of likely N-dealkylation sites (tertiary alicyclic amines) is 1. The fraction of sp³-hybridized carbons (Fsp3) is 0.478. The third-order valence-electron chi connectivity index (χ3n) is 5.57. The second kappa shape index (κ2) is 11.2. The maximum Gasteiger partial charge on any atom is 0.226 e. The molecule has 5 N–H and O–H groups in total. The molecule has 1 aromatic carbocycles. The quantitative estimate of drug-likeness (QED) is 0.399. The molecule has 0 bridgehead atoms. The molecule has 1 fully saturated rings. The van der Waals surface area contributed by atoms with Crippen LogP contribution in [0.25, 0.3) is 0 Å². The third kappa shape index (κ3) is 7.26. The van der Waals surface area contributed by atoms with Crippen LogP contribution in [0.15, 0.2) is 29.3 Å². The normalized spacial score (nSPS) is 16.3. The highest BCUT2D eigenvalue weighted by Crippen LogP contribution is 2.28. The van der Waals surface area contributed by atoms with Crippen LogP contribution < -0.4 is 16.8 Å². The molecule has 1 aromatic heterocycles. The van der Waals surface area contributed by atoms with Crippen molar-refractivity contribution in [1.29, 1.82) is 0 Å². The first-order valence-electron chi connectivity index (χ1n) is 11.1. The molecule has 1 atom stereocenters. The Kier molecular flexibility index (Phi) is 8.40. The van der Waals surface area contributed by atoms with E-state index >= 15 is 0 Å². The topological polar surface area (TPSA) is 130 Å². The summed E-state index contributed by atoms with van der Waals surface area (Å²) in [6, 6.07) is 7.78. The first-order chi connectivity index (χ1) is 15.7. The fourth-order valence-corrected chi connectivity index (χ4v) is 5.12. The molecule has 1 aliphatic heterocycles. The van der Waals surface area contributed by atoms with Gasteiger partial charge in [-0.15, -0.1) is 11.3 Å². The van der Waals surface area contributed by atoms with Crippen LogP contribution in [0.1, 0.15) is 35.9 Å². The van der Waals surface area contributed by atoms with Crippen LogP contribution in [0.2, 0.25) is 0 Å². The van der Waals surface area contributed by atoms with Gasteiger partial charge in [-0.2, -0.15) is 0 Å². The maximum absolute atomic E-state index is 12.5. The van der Waals surface area contributed by atoms with Gasteiger partial charge >= 0.3 is 0 Å². The molecule has 0 spiro atoms. The number of aryl methyl sites for hydroxylation is 2. The summed E-state index contributed by atoms with van der Waals surface area (Å²) in [6.45, 7) is 3.92. The van der Waals surface area contributed by atoms with Gasteiger partial charge in [0, 0.05) is 39.0 Å². The number of nitrogens with one attached hydrogen (secondary N) is 1. The second-order valence-electron chi connectivity index (χ2n) is 8.58. The number of aromatic nitrogens is 1. The lowest BCUT2D eigenvalue weighted by molar-refractivity contribution is -0.134. The summed E-state index contributed by atoms with van der Waals surface area (Å²) in [7, 11) is 3.62. The van der Waals surface area contributed by atoms with Gasteiger partial charge in [0.1, 0.15) is 0 Å². The Labute approximate surface area is 198 Å². The highest BCUT2D eigenvalue weighted by molar-refractivity contribution is 7.15. The summed E-state index contributed by atoms with van der Waals surface area (Å²) >= 11 is 1.52. The second-order valence-corrected chi connectivity index (χ2v) is 9.66.